The van der Waals surface area contributed by atoms with Gasteiger partial charge in [0, 0.05) is 25.6 Å². The van der Waals surface area contributed by atoms with Crippen LogP contribution in [0.1, 0.15) is 84.3 Å². The molecule has 0 bridgehead atoms. The molecule has 2 saturated heterocycles. The molecule has 2 fully saturated rings. The summed E-state index contributed by atoms with van der Waals surface area (Å²) in [5, 5.41) is 2.81. The normalized spacial score (nSPS) is 23.9. The van der Waals surface area contributed by atoms with E-state index in [0.717, 1.165) is 36.8 Å². The van der Waals surface area contributed by atoms with Crippen LogP contribution in [0.2, 0.25) is 0 Å². The summed E-state index contributed by atoms with van der Waals surface area (Å²) in [5.41, 5.74) is 6.95. The largest absolute Gasteiger partial charge is 0.444 e. The van der Waals surface area contributed by atoms with Crippen LogP contribution in [-0.2, 0) is 30.8 Å². The molecule has 10 nitrogen and oxygen atoms in total. The number of ether oxygens (including phenoxy) is 1. The van der Waals surface area contributed by atoms with Gasteiger partial charge >= 0.3 is 6.09 Å². The number of amides is 3. The van der Waals surface area contributed by atoms with Crippen molar-refractivity contribution in [2.45, 2.75) is 103 Å². The third-order valence-electron chi connectivity index (χ3n) is 7.99. The molecule has 4 atom stereocenters. The fourth-order valence-corrected chi connectivity index (χ4v) is 6.77. The summed E-state index contributed by atoms with van der Waals surface area (Å²) in [6.45, 7) is 11.9. The zero-order valence-electron chi connectivity index (χ0n) is 24.7. The number of hydrogen-bond acceptors (Lipinski definition) is 6. The number of carbonyl (C=O) groups is 3. The summed E-state index contributed by atoms with van der Waals surface area (Å²) < 4.78 is 31.5. The lowest BCUT2D eigenvalue weighted by Crippen LogP contribution is -2.61. The Morgan fingerprint density at radius 1 is 1.05 bits per heavy atom. The predicted octanol–water partition coefficient (Wildman–Crippen LogP) is 3.15. The Labute approximate surface area is 239 Å². The Kier molecular flexibility index (Phi) is 10.3. The molecule has 3 rings (SSSR count). The quantitative estimate of drug-likeness (QED) is 0.486. The average molecular weight is 579 g/mol. The Hall–Kier alpha value is -2.66. The van der Waals surface area contributed by atoms with E-state index in [2.05, 4.69) is 5.32 Å². The molecule has 1 aromatic carbocycles. The van der Waals surface area contributed by atoms with Gasteiger partial charge in [-0.2, -0.15) is 0 Å². The number of sulfonamides is 1. The van der Waals surface area contributed by atoms with Gasteiger partial charge in [0.15, 0.2) is 0 Å². The van der Waals surface area contributed by atoms with E-state index in [1.165, 1.54) is 4.90 Å². The second kappa shape index (κ2) is 12.9. The van der Waals surface area contributed by atoms with E-state index in [-0.39, 0.29) is 30.1 Å². The van der Waals surface area contributed by atoms with Crippen molar-refractivity contribution < 1.29 is 27.5 Å². The molecule has 0 unspecified atom stereocenters. The lowest BCUT2D eigenvalue weighted by Gasteiger charge is -2.43. The van der Waals surface area contributed by atoms with E-state index in [1.54, 1.807) is 32.0 Å². The maximum Gasteiger partial charge on any atom is 0.411 e. The first kappa shape index (κ1) is 31.9. The molecule has 0 saturated carbocycles. The maximum absolute atomic E-state index is 13.5. The van der Waals surface area contributed by atoms with E-state index in [9.17, 15) is 22.8 Å². The molecule has 0 aliphatic carbocycles. The van der Waals surface area contributed by atoms with Crippen LogP contribution in [0.3, 0.4) is 0 Å². The summed E-state index contributed by atoms with van der Waals surface area (Å²) in [7, 11) is -3.17. The van der Waals surface area contributed by atoms with Crippen molar-refractivity contribution in [3.63, 3.8) is 0 Å². The molecule has 224 valence electrons. The number of benzene rings is 1. The molecule has 3 amide bonds. The van der Waals surface area contributed by atoms with Crippen LogP contribution < -0.4 is 11.1 Å². The monoisotopic (exact) mass is 578 g/mol. The number of primary amides is 1. The minimum atomic E-state index is -3.17. The second-order valence-electron chi connectivity index (χ2n) is 12.2. The van der Waals surface area contributed by atoms with Crippen LogP contribution in [0, 0.1) is 5.92 Å². The topological polar surface area (TPSA) is 139 Å². The molecule has 2 heterocycles. The molecule has 11 heteroatoms. The van der Waals surface area contributed by atoms with Crippen molar-refractivity contribution in [2.24, 2.45) is 11.7 Å². The summed E-state index contributed by atoms with van der Waals surface area (Å²) in [6.07, 6.45) is 2.71. The standard InChI is InChI=1S/C29H46N4O6S/c1-7-40(37,38)32-16-14-23(15-17-32)22-12-10-21(11-13-22)18-24(26(30)34)31-27(35)25-19(2)8-9-20(3)33(25)28(36)39-29(4,5)6/h10-13,19-20,23-25H,7-9,14-18H2,1-6H3,(H2,30,34)(H,31,35)/t19-,20+,24+,25+/m1/s1. The van der Waals surface area contributed by atoms with Crippen molar-refractivity contribution in [3.8, 4) is 0 Å². The number of carbonyl (C=O) groups excluding carboxylic acids is 3. The van der Waals surface area contributed by atoms with E-state index < -0.39 is 45.6 Å². The number of likely N-dealkylation sites (tertiary alicyclic amines) is 1. The second-order valence-corrected chi connectivity index (χ2v) is 14.5. The zero-order chi connectivity index (χ0) is 29.8. The van der Waals surface area contributed by atoms with Gasteiger partial charge in [0.1, 0.15) is 17.7 Å². The fraction of sp³-hybridized carbons (Fsp3) is 0.690. The lowest BCUT2D eigenvalue weighted by molar-refractivity contribution is -0.134. The van der Waals surface area contributed by atoms with Crippen molar-refractivity contribution in [1.82, 2.24) is 14.5 Å². The number of hydrogen-bond donors (Lipinski definition) is 2. The number of nitrogens with one attached hydrogen (secondary N) is 1. The minimum Gasteiger partial charge on any atom is -0.444 e. The fourth-order valence-electron chi connectivity index (χ4n) is 5.63. The molecule has 0 aromatic heterocycles. The average Bonchev–Trinajstić information content (AvgIpc) is 2.88. The first-order chi connectivity index (χ1) is 18.6. The highest BCUT2D eigenvalue weighted by Crippen LogP contribution is 2.31. The van der Waals surface area contributed by atoms with Crippen LogP contribution in [0.15, 0.2) is 24.3 Å². The van der Waals surface area contributed by atoms with Crippen LogP contribution in [-0.4, -0.2) is 78.1 Å². The highest BCUT2D eigenvalue weighted by molar-refractivity contribution is 7.89. The maximum atomic E-state index is 13.5. The first-order valence-corrected chi connectivity index (χ1v) is 15.9. The highest BCUT2D eigenvalue weighted by Gasteiger charge is 2.43. The van der Waals surface area contributed by atoms with Crippen molar-refractivity contribution in [3.05, 3.63) is 35.4 Å². The third kappa shape index (κ3) is 7.96. The van der Waals surface area contributed by atoms with Crippen molar-refractivity contribution in [2.75, 3.05) is 18.8 Å². The van der Waals surface area contributed by atoms with Crippen molar-refractivity contribution in [1.29, 1.82) is 0 Å². The summed E-state index contributed by atoms with van der Waals surface area (Å²) in [5.74, 6) is -0.809. The highest BCUT2D eigenvalue weighted by atomic mass is 32.2. The summed E-state index contributed by atoms with van der Waals surface area (Å²) in [4.78, 5) is 40.4. The van der Waals surface area contributed by atoms with Crippen LogP contribution in [0.4, 0.5) is 4.79 Å². The van der Waals surface area contributed by atoms with Crippen LogP contribution >= 0.6 is 0 Å². The SMILES string of the molecule is CCS(=O)(=O)N1CCC(c2ccc(C[C@H](NC(=O)[C@@H]3[C@H](C)CC[C@H](C)N3C(=O)OC(C)(C)C)C(N)=O)cc2)CC1. The van der Waals surface area contributed by atoms with E-state index >= 15 is 0 Å². The molecule has 0 spiro atoms. The minimum absolute atomic E-state index is 0.113. The van der Waals surface area contributed by atoms with Gasteiger partial charge in [-0.15, -0.1) is 0 Å². The van der Waals surface area contributed by atoms with E-state index in [4.69, 9.17) is 10.5 Å². The molecular weight excluding hydrogens is 532 g/mol. The molecule has 1 aromatic rings. The first-order valence-electron chi connectivity index (χ1n) is 14.3. The summed E-state index contributed by atoms with van der Waals surface area (Å²) in [6, 6.07) is 5.94. The van der Waals surface area contributed by atoms with Gasteiger partial charge in [0.2, 0.25) is 21.8 Å². The summed E-state index contributed by atoms with van der Waals surface area (Å²) >= 11 is 0. The van der Waals surface area contributed by atoms with Crippen molar-refractivity contribution >= 4 is 27.9 Å². The Balaban J connectivity index is 1.67. The molecular formula is C29H46N4O6S. The van der Waals surface area contributed by atoms with E-state index in [0.29, 0.717) is 13.1 Å². The van der Waals surface area contributed by atoms with Gasteiger partial charge in [-0.05, 0) is 83.3 Å². The number of nitrogens with zero attached hydrogens (tertiary/aromatic N) is 2. The van der Waals surface area contributed by atoms with Gasteiger partial charge in [0.05, 0.1) is 5.75 Å². The number of nitrogens with two attached hydrogens (primary N) is 1. The third-order valence-corrected chi connectivity index (χ3v) is 9.87. The molecule has 0 radical (unpaired) electrons. The molecule has 2 aliphatic rings. The Morgan fingerprint density at radius 2 is 1.65 bits per heavy atom. The lowest BCUT2D eigenvalue weighted by atomic mass is 9.86. The van der Waals surface area contributed by atoms with Crippen LogP contribution in [0.5, 0.6) is 0 Å². The van der Waals surface area contributed by atoms with Gasteiger partial charge in [0.25, 0.3) is 0 Å². The smallest absolute Gasteiger partial charge is 0.411 e. The van der Waals surface area contributed by atoms with Gasteiger partial charge in [-0.3, -0.25) is 14.5 Å². The van der Waals surface area contributed by atoms with Gasteiger partial charge < -0.3 is 15.8 Å². The van der Waals surface area contributed by atoms with Gasteiger partial charge in [-0.1, -0.05) is 31.2 Å². The Morgan fingerprint density at radius 3 is 2.17 bits per heavy atom. The van der Waals surface area contributed by atoms with Crippen LogP contribution in [0.25, 0.3) is 0 Å². The molecule has 2 aliphatic heterocycles. The number of rotatable bonds is 8. The predicted molar refractivity (Wildman–Crippen MR) is 154 cm³/mol. The zero-order valence-corrected chi connectivity index (χ0v) is 25.5. The van der Waals surface area contributed by atoms with Gasteiger partial charge in [-0.25, -0.2) is 17.5 Å². The Bertz CT molecular complexity index is 1160. The number of piperidine rings is 2. The molecule has 3 N–H and O–H groups in total. The van der Waals surface area contributed by atoms with E-state index in [1.807, 2.05) is 38.1 Å². The molecule has 40 heavy (non-hydrogen) atoms.